The number of rotatable bonds is 9. The number of ketones is 1. The third-order valence-electron chi connectivity index (χ3n) is 5.66. The number of para-hydroxylation sites is 1. The number of aromatic nitrogens is 3. The summed E-state index contributed by atoms with van der Waals surface area (Å²) in [5.74, 6) is 0.719. The summed E-state index contributed by atoms with van der Waals surface area (Å²) in [5, 5.41) is 11.0. The summed E-state index contributed by atoms with van der Waals surface area (Å²) in [6.45, 7) is 7.71. The van der Waals surface area contributed by atoms with Crippen LogP contribution in [0.4, 0.5) is 17.2 Å². The minimum atomic E-state index is -0.299. The number of pyridine rings is 1. The first-order valence-corrected chi connectivity index (χ1v) is 13.6. The summed E-state index contributed by atoms with van der Waals surface area (Å²) < 4.78 is 8.02. The molecule has 34 heavy (non-hydrogen) atoms. The van der Waals surface area contributed by atoms with Crippen LogP contribution in [-0.4, -0.2) is 46.9 Å². The Morgan fingerprint density at radius 3 is 2.59 bits per heavy atom. The summed E-state index contributed by atoms with van der Waals surface area (Å²) >= 11 is 0. The van der Waals surface area contributed by atoms with E-state index >= 15 is 0 Å². The number of carbonyl (C=O) groups excluding carboxylic acids is 2. The normalized spacial score (nSPS) is 13.1. The zero-order chi connectivity index (χ0) is 24.4. The van der Waals surface area contributed by atoms with Crippen LogP contribution in [0.15, 0.2) is 36.5 Å². The van der Waals surface area contributed by atoms with Crippen LogP contribution in [0.3, 0.4) is 0 Å². The molecule has 178 valence electrons. The van der Waals surface area contributed by atoms with Gasteiger partial charge in [-0.1, -0.05) is 20.9 Å². The number of hydrogen-bond acceptors (Lipinski definition) is 6. The topological polar surface area (TPSA) is 98.1 Å². The van der Waals surface area contributed by atoms with Gasteiger partial charge in [-0.3, -0.25) is 14.3 Å². The quantitative estimate of drug-likeness (QED) is 0.333. The molecule has 2 N–H and O–H groups in total. The van der Waals surface area contributed by atoms with Crippen LogP contribution < -0.4 is 20.8 Å². The first kappa shape index (κ1) is 23.9. The zero-order valence-corrected chi connectivity index (χ0v) is 21.1. The van der Waals surface area contributed by atoms with E-state index in [9.17, 15) is 9.59 Å². The highest BCUT2D eigenvalue weighted by Gasteiger charge is 2.29. The lowest BCUT2D eigenvalue weighted by Gasteiger charge is -2.17. The van der Waals surface area contributed by atoms with Gasteiger partial charge in [0.2, 0.25) is 5.91 Å². The van der Waals surface area contributed by atoms with Crippen molar-refractivity contribution in [2.75, 3.05) is 31.1 Å². The first-order chi connectivity index (χ1) is 16.3. The van der Waals surface area contributed by atoms with Crippen molar-refractivity contribution in [3.63, 3.8) is 0 Å². The molecule has 0 radical (unpaired) electrons. The van der Waals surface area contributed by atoms with Gasteiger partial charge in [0.25, 0.3) is 0 Å². The van der Waals surface area contributed by atoms with Gasteiger partial charge in [0.1, 0.15) is 5.82 Å². The molecule has 0 atom stereocenters. The van der Waals surface area contributed by atoms with Crippen LogP contribution in [0.5, 0.6) is 5.75 Å². The van der Waals surface area contributed by atoms with Gasteiger partial charge in [-0.2, -0.15) is 5.10 Å². The molecule has 4 rings (SSSR count). The van der Waals surface area contributed by atoms with Gasteiger partial charge < -0.3 is 15.4 Å². The fourth-order valence-corrected chi connectivity index (χ4v) is 4.86. The average molecular weight is 480 g/mol. The predicted molar refractivity (Wildman–Crippen MR) is 137 cm³/mol. The summed E-state index contributed by atoms with van der Waals surface area (Å²) in [6, 6.07) is 10.2. The van der Waals surface area contributed by atoms with Gasteiger partial charge in [0.15, 0.2) is 11.5 Å². The van der Waals surface area contributed by atoms with Crippen molar-refractivity contribution in [2.45, 2.75) is 39.2 Å². The Labute approximate surface area is 200 Å². The molecule has 1 saturated carbocycles. The van der Waals surface area contributed by atoms with E-state index in [0.717, 1.165) is 11.3 Å². The highest BCUT2D eigenvalue weighted by Crippen LogP contribution is 2.41. The minimum absolute atomic E-state index is 0.0495. The number of amides is 1. The summed E-state index contributed by atoms with van der Waals surface area (Å²) in [4.78, 5) is 28.3. The number of nitrogens with zero attached hydrogens (tertiary/aromatic N) is 3. The molecule has 0 aliphatic heterocycles. The Morgan fingerprint density at radius 2 is 1.97 bits per heavy atom. The molecule has 9 heteroatoms. The predicted octanol–water partition coefficient (Wildman–Crippen LogP) is 4.95. The molecule has 8 nitrogen and oxygen atoms in total. The SMILES string of the molecule is CCC(=O)c1cnc(NC(C)=O)cc1Nc1cccc(-c2cc(P(C)C)n(C3CC3)n2)c1OC. The van der Waals surface area contributed by atoms with Crippen LogP contribution in [0, 0.1) is 0 Å². The van der Waals surface area contributed by atoms with Crippen LogP contribution in [-0.2, 0) is 4.79 Å². The Kier molecular flexibility index (Phi) is 6.98. The first-order valence-electron chi connectivity index (χ1n) is 11.3. The minimum Gasteiger partial charge on any atom is -0.494 e. The van der Waals surface area contributed by atoms with E-state index in [-0.39, 0.29) is 19.6 Å². The number of Topliss-reactive ketones (excluding diaryl/α,β-unsaturated/α-hetero) is 1. The number of methoxy groups -OCH3 is 1. The number of carbonyl (C=O) groups is 2. The molecule has 2 aromatic heterocycles. The van der Waals surface area contributed by atoms with Crippen molar-refractivity contribution >= 4 is 42.2 Å². The Hall–Kier alpha value is -3.25. The van der Waals surface area contributed by atoms with Gasteiger partial charge in [-0.15, -0.1) is 0 Å². The van der Waals surface area contributed by atoms with Gasteiger partial charge >= 0.3 is 0 Å². The summed E-state index contributed by atoms with van der Waals surface area (Å²) in [7, 11) is 1.33. The van der Waals surface area contributed by atoms with Crippen molar-refractivity contribution in [2.24, 2.45) is 0 Å². The van der Waals surface area contributed by atoms with E-state index in [2.05, 4.69) is 39.7 Å². The molecule has 1 aliphatic rings. The number of ether oxygens (including phenoxy) is 1. The highest BCUT2D eigenvalue weighted by molar-refractivity contribution is 7.63. The van der Waals surface area contributed by atoms with Crippen molar-refractivity contribution < 1.29 is 14.3 Å². The fourth-order valence-electron chi connectivity index (χ4n) is 3.86. The van der Waals surface area contributed by atoms with Gasteiger partial charge in [0.05, 0.1) is 41.2 Å². The van der Waals surface area contributed by atoms with Crippen molar-refractivity contribution in [1.29, 1.82) is 0 Å². The lowest BCUT2D eigenvalue weighted by molar-refractivity contribution is -0.114. The largest absolute Gasteiger partial charge is 0.494 e. The lowest BCUT2D eigenvalue weighted by atomic mass is 10.1. The van der Waals surface area contributed by atoms with E-state index in [1.54, 1.807) is 20.1 Å². The molecule has 0 bridgehead atoms. The van der Waals surface area contributed by atoms with Crippen molar-refractivity contribution in [3.8, 4) is 17.0 Å². The van der Waals surface area contributed by atoms with E-state index < -0.39 is 0 Å². The number of benzene rings is 1. The fraction of sp³-hybridized carbons (Fsp3) is 0.360. The summed E-state index contributed by atoms with van der Waals surface area (Å²) in [5.41, 5.74) is 4.73. The molecular weight excluding hydrogens is 449 g/mol. The number of anilines is 3. The monoisotopic (exact) mass is 479 g/mol. The smallest absolute Gasteiger partial charge is 0.222 e. The molecule has 1 aliphatic carbocycles. The maximum atomic E-state index is 12.6. The second-order valence-corrected chi connectivity index (χ2v) is 10.8. The van der Waals surface area contributed by atoms with E-state index in [0.29, 0.717) is 41.0 Å². The molecule has 0 unspecified atom stereocenters. The summed E-state index contributed by atoms with van der Waals surface area (Å²) in [6.07, 6.45) is 4.17. The third kappa shape index (κ3) is 4.97. The van der Waals surface area contributed by atoms with Crippen LogP contribution in [0.1, 0.15) is 49.5 Å². The number of hydrogen-bond donors (Lipinski definition) is 2. The molecule has 1 amide bonds. The van der Waals surface area contributed by atoms with Crippen LogP contribution >= 0.6 is 7.92 Å². The molecule has 0 saturated heterocycles. The molecular formula is C25H30N5O3P. The van der Waals surface area contributed by atoms with Gasteiger partial charge in [-0.05, 0) is 44.4 Å². The molecule has 1 fully saturated rings. The second-order valence-electron chi connectivity index (χ2n) is 8.54. The molecule has 0 spiro atoms. The molecule has 3 aromatic rings. The van der Waals surface area contributed by atoms with Crippen LogP contribution in [0.25, 0.3) is 11.3 Å². The van der Waals surface area contributed by atoms with Crippen molar-refractivity contribution in [3.05, 3.63) is 42.1 Å². The second kappa shape index (κ2) is 9.94. The maximum Gasteiger partial charge on any atom is 0.222 e. The Balaban J connectivity index is 1.76. The maximum absolute atomic E-state index is 12.6. The van der Waals surface area contributed by atoms with E-state index in [1.165, 1.54) is 31.4 Å². The highest BCUT2D eigenvalue weighted by atomic mass is 31.1. The number of nitrogens with one attached hydrogen (secondary N) is 2. The third-order valence-corrected chi connectivity index (χ3v) is 6.91. The van der Waals surface area contributed by atoms with Gasteiger partial charge in [-0.25, -0.2) is 4.98 Å². The molecule has 2 heterocycles. The van der Waals surface area contributed by atoms with E-state index in [4.69, 9.17) is 9.84 Å². The Bertz CT molecular complexity index is 1210. The zero-order valence-electron chi connectivity index (χ0n) is 20.2. The standard InChI is InChI=1S/C25H30N5O3P/c1-6-22(32)18-14-26-23(27-15(2)31)12-20(18)28-19-9-7-8-17(25(19)33-3)21-13-24(34(4)5)30(29-21)16-10-11-16/h7-9,12-14,16H,6,10-11H2,1-5H3,(H2,26,27,28,31). The van der Waals surface area contributed by atoms with Crippen molar-refractivity contribution in [1.82, 2.24) is 14.8 Å². The van der Waals surface area contributed by atoms with Gasteiger partial charge in [0, 0.05) is 31.2 Å². The molecule has 1 aromatic carbocycles. The lowest BCUT2D eigenvalue weighted by Crippen LogP contribution is -2.14. The Morgan fingerprint density at radius 1 is 1.21 bits per heavy atom. The van der Waals surface area contributed by atoms with Crippen LogP contribution in [0.2, 0.25) is 0 Å². The average Bonchev–Trinajstić information content (AvgIpc) is 3.56. The van der Waals surface area contributed by atoms with E-state index in [1.807, 2.05) is 18.2 Å².